The van der Waals surface area contributed by atoms with Crippen LogP contribution in [0, 0.1) is 11.8 Å². The topological polar surface area (TPSA) is 29.3 Å². The van der Waals surface area contributed by atoms with Gasteiger partial charge in [-0.15, -0.1) is 0 Å². The van der Waals surface area contributed by atoms with Gasteiger partial charge >= 0.3 is 0 Å². The third-order valence-electron chi connectivity index (χ3n) is 4.38. The number of nitrogens with zero attached hydrogens (tertiary/aromatic N) is 1. The van der Waals surface area contributed by atoms with Gasteiger partial charge in [-0.3, -0.25) is 4.90 Å². The monoisotopic (exact) mass is 226 g/mol. The fourth-order valence-corrected chi connectivity index (χ4v) is 2.33. The summed E-state index contributed by atoms with van der Waals surface area (Å²) >= 11 is 0. The van der Waals surface area contributed by atoms with Gasteiger partial charge in [0, 0.05) is 18.6 Å². The lowest BCUT2D eigenvalue weighted by Crippen LogP contribution is -2.51. The molecule has 1 saturated carbocycles. The summed E-state index contributed by atoms with van der Waals surface area (Å²) in [6.45, 7) is 8.94. The third kappa shape index (κ3) is 3.74. The van der Waals surface area contributed by atoms with Crippen molar-refractivity contribution >= 4 is 0 Å². The van der Waals surface area contributed by atoms with Crippen LogP contribution in [0.2, 0.25) is 0 Å². The van der Waals surface area contributed by atoms with E-state index in [1.165, 1.54) is 38.6 Å². The Morgan fingerprint density at radius 3 is 2.38 bits per heavy atom. The number of hydrogen-bond acceptors (Lipinski definition) is 2. The first-order valence-corrected chi connectivity index (χ1v) is 6.89. The van der Waals surface area contributed by atoms with Crippen LogP contribution in [-0.2, 0) is 0 Å². The van der Waals surface area contributed by atoms with Gasteiger partial charge in [-0.2, -0.15) is 0 Å². The van der Waals surface area contributed by atoms with Gasteiger partial charge in [0.15, 0.2) is 0 Å². The van der Waals surface area contributed by atoms with Gasteiger partial charge in [0.1, 0.15) is 0 Å². The highest BCUT2D eigenvalue weighted by Crippen LogP contribution is 2.30. The molecule has 0 aromatic carbocycles. The molecule has 96 valence electrons. The molecule has 1 fully saturated rings. The zero-order valence-corrected chi connectivity index (χ0v) is 11.6. The molecule has 1 atom stereocenters. The number of likely N-dealkylation sites (N-methyl/N-ethyl adjacent to an activating group) is 1. The maximum atomic E-state index is 5.99. The summed E-state index contributed by atoms with van der Waals surface area (Å²) in [5.41, 5.74) is 6.20. The van der Waals surface area contributed by atoms with Gasteiger partial charge in [-0.25, -0.2) is 0 Å². The van der Waals surface area contributed by atoms with E-state index in [0.717, 1.165) is 18.4 Å². The Labute approximate surface area is 102 Å². The van der Waals surface area contributed by atoms with Crippen molar-refractivity contribution in [3.8, 4) is 0 Å². The van der Waals surface area contributed by atoms with E-state index >= 15 is 0 Å². The van der Waals surface area contributed by atoms with Crippen LogP contribution >= 0.6 is 0 Å². The first kappa shape index (κ1) is 14.0. The summed E-state index contributed by atoms with van der Waals surface area (Å²) in [5, 5.41) is 0. The first-order valence-electron chi connectivity index (χ1n) is 6.89. The molecule has 0 saturated heterocycles. The van der Waals surface area contributed by atoms with Crippen molar-refractivity contribution in [2.24, 2.45) is 17.6 Å². The normalized spacial score (nSPS) is 21.2. The fraction of sp³-hybridized carbons (Fsp3) is 1.00. The molecule has 1 aliphatic carbocycles. The molecule has 1 aliphatic rings. The van der Waals surface area contributed by atoms with Crippen molar-refractivity contribution in [1.82, 2.24) is 4.90 Å². The largest absolute Gasteiger partial charge is 0.329 e. The number of rotatable bonds is 7. The van der Waals surface area contributed by atoms with Gasteiger partial charge in [0.25, 0.3) is 0 Å². The van der Waals surface area contributed by atoms with Crippen molar-refractivity contribution in [2.45, 2.75) is 58.4 Å². The van der Waals surface area contributed by atoms with Gasteiger partial charge in [0.2, 0.25) is 0 Å². The summed E-state index contributed by atoms with van der Waals surface area (Å²) in [7, 11) is 2.26. The zero-order valence-electron chi connectivity index (χ0n) is 11.6. The molecule has 2 nitrogen and oxygen atoms in total. The van der Waals surface area contributed by atoms with Gasteiger partial charge in [-0.05, 0) is 51.5 Å². The summed E-state index contributed by atoms with van der Waals surface area (Å²) in [5.74, 6) is 1.72. The molecule has 0 spiro atoms. The Balaban J connectivity index is 2.41. The van der Waals surface area contributed by atoms with Crippen molar-refractivity contribution in [3.63, 3.8) is 0 Å². The lowest BCUT2D eigenvalue weighted by Gasteiger charge is -2.42. The summed E-state index contributed by atoms with van der Waals surface area (Å²) < 4.78 is 0. The first-order chi connectivity index (χ1) is 7.48. The van der Waals surface area contributed by atoms with E-state index in [4.69, 9.17) is 5.73 Å². The Kier molecular flexibility index (Phi) is 5.26. The van der Waals surface area contributed by atoms with Crippen LogP contribution < -0.4 is 5.73 Å². The predicted octanol–water partition coefficient (Wildman–Crippen LogP) is 2.87. The standard InChI is InChI=1S/C14H30N2/c1-12(2)8-9-14(3,11-15)16(4)10-13-6-5-7-13/h12-13H,5-11,15H2,1-4H3. The van der Waals surface area contributed by atoms with E-state index in [1.54, 1.807) is 0 Å². The average Bonchev–Trinajstić information content (AvgIpc) is 2.19. The van der Waals surface area contributed by atoms with Crippen molar-refractivity contribution < 1.29 is 0 Å². The molecule has 0 aromatic rings. The van der Waals surface area contributed by atoms with Crippen LogP contribution in [0.1, 0.15) is 52.9 Å². The van der Waals surface area contributed by atoms with Crippen molar-refractivity contribution in [1.29, 1.82) is 0 Å². The summed E-state index contributed by atoms with van der Waals surface area (Å²) in [4.78, 5) is 2.51. The van der Waals surface area contributed by atoms with Crippen LogP contribution in [0.15, 0.2) is 0 Å². The second-order valence-electron chi connectivity index (χ2n) is 6.31. The van der Waals surface area contributed by atoms with E-state index in [9.17, 15) is 0 Å². The molecular formula is C14H30N2. The summed E-state index contributed by atoms with van der Waals surface area (Å²) in [6.07, 6.45) is 6.79. The Hall–Kier alpha value is -0.0800. The second-order valence-corrected chi connectivity index (χ2v) is 6.31. The minimum atomic E-state index is 0.208. The van der Waals surface area contributed by atoms with Crippen LogP contribution in [0.3, 0.4) is 0 Å². The maximum absolute atomic E-state index is 5.99. The zero-order chi connectivity index (χ0) is 12.2. The smallest absolute Gasteiger partial charge is 0.0300 e. The molecule has 16 heavy (non-hydrogen) atoms. The molecular weight excluding hydrogens is 196 g/mol. The van der Waals surface area contributed by atoms with E-state index < -0.39 is 0 Å². The van der Waals surface area contributed by atoms with Crippen LogP contribution in [-0.4, -0.2) is 30.6 Å². The summed E-state index contributed by atoms with van der Waals surface area (Å²) in [6, 6.07) is 0. The Bertz CT molecular complexity index is 199. The molecule has 0 heterocycles. The SMILES string of the molecule is CC(C)CCC(C)(CN)N(C)CC1CCC1. The molecule has 0 aliphatic heterocycles. The maximum Gasteiger partial charge on any atom is 0.0300 e. The van der Waals surface area contributed by atoms with Crippen LogP contribution in [0.5, 0.6) is 0 Å². The van der Waals surface area contributed by atoms with E-state index in [-0.39, 0.29) is 5.54 Å². The highest BCUT2D eigenvalue weighted by molar-refractivity contribution is 4.88. The van der Waals surface area contributed by atoms with Gasteiger partial charge in [-0.1, -0.05) is 20.3 Å². The molecule has 0 aromatic heterocycles. The van der Waals surface area contributed by atoms with Crippen molar-refractivity contribution in [3.05, 3.63) is 0 Å². The molecule has 2 heteroatoms. The van der Waals surface area contributed by atoms with E-state index in [2.05, 4.69) is 32.7 Å². The number of hydrogen-bond donors (Lipinski definition) is 1. The molecule has 0 radical (unpaired) electrons. The molecule has 1 unspecified atom stereocenters. The van der Waals surface area contributed by atoms with E-state index in [1.807, 2.05) is 0 Å². The molecule has 0 amide bonds. The molecule has 2 N–H and O–H groups in total. The minimum Gasteiger partial charge on any atom is -0.329 e. The fourth-order valence-electron chi connectivity index (χ4n) is 2.33. The predicted molar refractivity (Wildman–Crippen MR) is 71.5 cm³/mol. The lowest BCUT2D eigenvalue weighted by molar-refractivity contribution is 0.0867. The third-order valence-corrected chi connectivity index (χ3v) is 4.38. The van der Waals surface area contributed by atoms with Crippen LogP contribution in [0.25, 0.3) is 0 Å². The number of nitrogens with two attached hydrogens (primary N) is 1. The van der Waals surface area contributed by atoms with Crippen molar-refractivity contribution in [2.75, 3.05) is 20.1 Å². The van der Waals surface area contributed by atoms with E-state index in [0.29, 0.717) is 0 Å². The highest BCUT2D eigenvalue weighted by atomic mass is 15.2. The van der Waals surface area contributed by atoms with Crippen LogP contribution in [0.4, 0.5) is 0 Å². The van der Waals surface area contributed by atoms with Gasteiger partial charge in [0.05, 0.1) is 0 Å². The molecule has 1 rings (SSSR count). The molecule has 0 bridgehead atoms. The highest BCUT2D eigenvalue weighted by Gasteiger charge is 2.30. The average molecular weight is 226 g/mol. The quantitative estimate of drug-likeness (QED) is 0.723. The second kappa shape index (κ2) is 6.02. The van der Waals surface area contributed by atoms with Gasteiger partial charge < -0.3 is 5.73 Å². The minimum absolute atomic E-state index is 0.208. The lowest BCUT2D eigenvalue weighted by atomic mass is 9.83. The Morgan fingerprint density at radius 1 is 1.38 bits per heavy atom. The Morgan fingerprint density at radius 2 is 2.00 bits per heavy atom.